The van der Waals surface area contributed by atoms with E-state index in [4.69, 9.17) is 4.74 Å². The molecule has 0 spiro atoms. The highest BCUT2D eigenvalue weighted by Gasteiger charge is 2.32. The molecule has 0 aromatic rings. The lowest BCUT2D eigenvalue weighted by molar-refractivity contribution is -0.150. The van der Waals surface area contributed by atoms with Crippen LogP contribution in [-0.2, 0) is 9.53 Å². The molecule has 0 radical (unpaired) electrons. The summed E-state index contributed by atoms with van der Waals surface area (Å²) in [6, 6.07) is 0. The van der Waals surface area contributed by atoms with E-state index in [2.05, 4.69) is 4.90 Å². The second-order valence-corrected chi connectivity index (χ2v) is 5.84. The van der Waals surface area contributed by atoms with Crippen LogP contribution >= 0.6 is 0 Å². The summed E-state index contributed by atoms with van der Waals surface area (Å²) in [5.74, 6) is 0.0912. The highest BCUT2D eigenvalue weighted by atomic mass is 16.5. The highest BCUT2D eigenvalue weighted by Crippen LogP contribution is 2.23. The Bertz CT molecular complexity index is 276. The first kappa shape index (κ1) is 15.4. The molecule has 0 bridgehead atoms. The van der Waals surface area contributed by atoms with E-state index in [0.717, 1.165) is 19.4 Å². The third-order valence-corrected chi connectivity index (χ3v) is 3.91. The zero-order valence-electron chi connectivity index (χ0n) is 12.1. The summed E-state index contributed by atoms with van der Waals surface area (Å²) >= 11 is 0. The molecular weight excluding hydrogens is 230 g/mol. The van der Waals surface area contributed by atoms with Crippen LogP contribution in [-0.4, -0.2) is 47.8 Å². The van der Waals surface area contributed by atoms with Gasteiger partial charge >= 0.3 is 5.97 Å². The van der Waals surface area contributed by atoms with Crippen LogP contribution in [0.15, 0.2) is 0 Å². The van der Waals surface area contributed by atoms with E-state index in [9.17, 15) is 9.90 Å². The number of hydrogen-bond donors (Lipinski definition) is 1. The molecule has 4 nitrogen and oxygen atoms in total. The average Bonchev–Trinajstić information content (AvgIpc) is 2.29. The van der Waals surface area contributed by atoms with Crippen LogP contribution in [0.25, 0.3) is 0 Å². The molecule has 1 heterocycles. The quantitative estimate of drug-likeness (QED) is 0.761. The Kier molecular flexibility index (Phi) is 5.60. The fourth-order valence-electron chi connectivity index (χ4n) is 2.29. The minimum atomic E-state index is -0.698. The van der Waals surface area contributed by atoms with Gasteiger partial charge in [-0.2, -0.15) is 0 Å². The van der Waals surface area contributed by atoms with Crippen LogP contribution < -0.4 is 0 Å². The summed E-state index contributed by atoms with van der Waals surface area (Å²) in [6.07, 6.45) is 1.90. The van der Waals surface area contributed by atoms with Gasteiger partial charge in [0, 0.05) is 13.1 Å². The third-order valence-electron chi connectivity index (χ3n) is 3.91. The molecule has 1 N–H and O–H groups in total. The molecule has 1 fully saturated rings. The molecule has 0 amide bonds. The Labute approximate surface area is 110 Å². The molecule has 1 aliphatic heterocycles. The van der Waals surface area contributed by atoms with Gasteiger partial charge in [-0.3, -0.25) is 9.69 Å². The summed E-state index contributed by atoms with van der Waals surface area (Å²) in [7, 11) is 0. The van der Waals surface area contributed by atoms with Crippen molar-refractivity contribution in [2.75, 3.05) is 26.2 Å². The van der Waals surface area contributed by atoms with Crippen LogP contribution in [0.4, 0.5) is 0 Å². The number of ether oxygens (including phenoxy) is 1. The Morgan fingerprint density at radius 2 is 2.22 bits per heavy atom. The summed E-state index contributed by atoms with van der Waals surface area (Å²) in [5.41, 5.74) is -0.698. The van der Waals surface area contributed by atoms with Gasteiger partial charge in [-0.1, -0.05) is 13.8 Å². The molecule has 0 saturated carbocycles. The van der Waals surface area contributed by atoms with Crippen molar-refractivity contribution in [2.24, 2.45) is 11.8 Å². The van der Waals surface area contributed by atoms with Crippen molar-refractivity contribution >= 4 is 5.97 Å². The molecular formula is C14H27NO3. The first-order chi connectivity index (χ1) is 8.36. The molecule has 1 aliphatic rings. The summed E-state index contributed by atoms with van der Waals surface area (Å²) in [6.45, 7) is 10.5. The first-order valence-corrected chi connectivity index (χ1v) is 6.98. The van der Waals surface area contributed by atoms with E-state index < -0.39 is 5.60 Å². The minimum absolute atomic E-state index is 0.0262. The van der Waals surface area contributed by atoms with Gasteiger partial charge in [0.1, 0.15) is 0 Å². The molecule has 2 unspecified atom stereocenters. The number of piperidine rings is 1. The number of carbonyl (C=O) groups excluding carboxylic acids is 1. The van der Waals surface area contributed by atoms with Crippen molar-refractivity contribution in [1.29, 1.82) is 0 Å². The maximum atomic E-state index is 11.7. The number of esters is 1. The minimum Gasteiger partial charge on any atom is -0.466 e. The van der Waals surface area contributed by atoms with Gasteiger partial charge in [0.2, 0.25) is 0 Å². The van der Waals surface area contributed by atoms with E-state index in [1.54, 1.807) is 0 Å². The number of aliphatic hydroxyl groups is 1. The maximum Gasteiger partial charge on any atom is 0.310 e. The Morgan fingerprint density at radius 3 is 2.78 bits per heavy atom. The lowest BCUT2D eigenvalue weighted by Crippen LogP contribution is -2.49. The van der Waals surface area contributed by atoms with Gasteiger partial charge in [-0.15, -0.1) is 0 Å². The fraction of sp³-hybridized carbons (Fsp3) is 0.929. The van der Waals surface area contributed by atoms with E-state index in [0.29, 0.717) is 19.7 Å². The van der Waals surface area contributed by atoms with Crippen LogP contribution in [0.2, 0.25) is 0 Å². The van der Waals surface area contributed by atoms with E-state index >= 15 is 0 Å². The fourth-order valence-corrected chi connectivity index (χ4v) is 2.29. The molecule has 0 aromatic carbocycles. The second-order valence-electron chi connectivity index (χ2n) is 5.84. The monoisotopic (exact) mass is 257 g/mol. The van der Waals surface area contributed by atoms with Crippen molar-refractivity contribution in [3.05, 3.63) is 0 Å². The third kappa shape index (κ3) is 4.25. The predicted molar refractivity (Wildman–Crippen MR) is 71.3 cm³/mol. The van der Waals surface area contributed by atoms with Gasteiger partial charge in [-0.25, -0.2) is 0 Å². The predicted octanol–water partition coefficient (Wildman–Crippen LogP) is 1.67. The topological polar surface area (TPSA) is 49.8 Å². The largest absolute Gasteiger partial charge is 0.466 e. The first-order valence-electron chi connectivity index (χ1n) is 6.98. The van der Waals surface area contributed by atoms with Crippen LogP contribution in [0.5, 0.6) is 0 Å². The highest BCUT2D eigenvalue weighted by molar-refractivity contribution is 5.72. The summed E-state index contributed by atoms with van der Waals surface area (Å²) in [4.78, 5) is 13.9. The average molecular weight is 257 g/mol. The SMILES string of the molecule is CCOC(=O)C1CCCN(CC(C)(O)C(C)C)C1. The molecule has 4 heteroatoms. The Morgan fingerprint density at radius 1 is 1.56 bits per heavy atom. The summed E-state index contributed by atoms with van der Waals surface area (Å²) < 4.78 is 5.08. The number of rotatable bonds is 5. The lowest BCUT2D eigenvalue weighted by atomic mass is 9.90. The zero-order chi connectivity index (χ0) is 13.8. The Balaban J connectivity index is 2.51. The van der Waals surface area contributed by atoms with Gasteiger partial charge in [0.25, 0.3) is 0 Å². The molecule has 18 heavy (non-hydrogen) atoms. The standard InChI is InChI=1S/C14H27NO3/c1-5-18-13(16)12-7-6-8-15(9-12)10-14(4,17)11(2)3/h11-12,17H,5-10H2,1-4H3. The number of β-amino-alcohol motifs (C(OH)–C–C–N with tert-alkyl or cyclic N) is 1. The number of nitrogens with zero attached hydrogens (tertiary/aromatic N) is 1. The Hall–Kier alpha value is -0.610. The normalized spacial score (nSPS) is 24.9. The number of hydrogen-bond acceptors (Lipinski definition) is 4. The maximum absolute atomic E-state index is 11.7. The van der Waals surface area contributed by atoms with Crippen molar-refractivity contribution in [1.82, 2.24) is 4.90 Å². The van der Waals surface area contributed by atoms with Gasteiger partial charge < -0.3 is 9.84 Å². The van der Waals surface area contributed by atoms with Gasteiger partial charge in [-0.05, 0) is 39.2 Å². The van der Waals surface area contributed by atoms with Crippen molar-refractivity contribution in [2.45, 2.75) is 46.1 Å². The van der Waals surface area contributed by atoms with Crippen molar-refractivity contribution in [3.8, 4) is 0 Å². The molecule has 0 aromatic heterocycles. The van der Waals surface area contributed by atoms with Gasteiger partial charge in [0.15, 0.2) is 0 Å². The molecule has 0 aliphatic carbocycles. The van der Waals surface area contributed by atoms with E-state index in [-0.39, 0.29) is 17.8 Å². The van der Waals surface area contributed by atoms with Crippen LogP contribution in [0.3, 0.4) is 0 Å². The second kappa shape index (κ2) is 6.53. The molecule has 106 valence electrons. The lowest BCUT2D eigenvalue weighted by Gasteiger charge is -2.38. The van der Waals surface area contributed by atoms with E-state index in [1.165, 1.54) is 0 Å². The van der Waals surface area contributed by atoms with Crippen LogP contribution in [0.1, 0.15) is 40.5 Å². The smallest absolute Gasteiger partial charge is 0.310 e. The number of likely N-dealkylation sites (tertiary alicyclic amines) is 1. The zero-order valence-corrected chi connectivity index (χ0v) is 12.1. The van der Waals surface area contributed by atoms with Crippen molar-refractivity contribution < 1.29 is 14.6 Å². The molecule has 1 rings (SSSR count). The van der Waals surface area contributed by atoms with E-state index in [1.807, 2.05) is 27.7 Å². The number of carbonyl (C=O) groups is 1. The van der Waals surface area contributed by atoms with Crippen molar-refractivity contribution in [3.63, 3.8) is 0 Å². The molecule has 2 atom stereocenters. The van der Waals surface area contributed by atoms with Gasteiger partial charge in [0.05, 0.1) is 18.1 Å². The molecule has 1 saturated heterocycles. The van der Waals surface area contributed by atoms with Crippen LogP contribution in [0, 0.1) is 11.8 Å². The summed E-state index contributed by atoms with van der Waals surface area (Å²) in [5, 5.41) is 10.3.